The van der Waals surface area contributed by atoms with Crippen molar-refractivity contribution in [3.63, 3.8) is 0 Å². The smallest absolute Gasteiger partial charge is 0.223 e. The van der Waals surface area contributed by atoms with E-state index in [4.69, 9.17) is 0 Å². The summed E-state index contributed by atoms with van der Waals surface area (Å²) in [6, 6.07) is 6.75. The molecule has 1 atom stereocenters. The second-order valence-corrected chi connectivity index (χ2v) is 6.30. The number of aromatic nitrogens is 2. The minimum atomic E-state index is 0.221. The Morgan fingerprint density at radius 1 is 1.30 bits per heavy atom. The van der Waals surface area contributed by atoms with Gasteiger partial charge in [-0.2, -0.15) is 0 Å². The lowest BCUT2D eigenvalue weighted by atomic mass is 9.97. The van der Waals surface area contributed by atoms with Gasteiger partial charge >= 0.3 is 0 Å². The van der Waals surface area contributed by atoms with Crippen LogP contribution in [0.25, 0.3) is 0 Å². The third-order valence-corrected chi connectivity index (χ3v) is 4.58. The number of aryl methyl sites for hydroxylation is 3. The van der Waals surface area contributed by atoms with Gasteiger partial charge in [-0.05, 0) is 44.2 Å². The van der Waals surface area contributed by atoms with E-state index in [0.29, 0.717) is 12.8 Å². The normalized spacial score (nSPS) is 17.5. The monoisotopic (exact) mass is 309 g/mol. The second kappa shape index (κ2) is 6.90. The summed E-state index contributed by atoms with van der Waals surface area (Å²) in [6.07, 6.45) is 8.36. The summed E-state index contributed by atoms with van der Waals surface area (Å²) in [4.78, 5) is 23.0. The number of nitrogens with zero attached hydrogens (tertiary/aromatic N) is 3. The lowest BCUT2D eigenvalue weighted by Crippen LogP contribution is -2.31. The molecule has 1 fully saturated rings. The number of carbonyl (C=O) groups excluding carboxylic acids is 1. The molecule has 1 aliphatic rings. The van der Waals surface area contributed by atoms with Crippen LogP contribution in [0.15, 0.2) is 36.8 Å². The maximum absolute atomic E-state index is 12.7. The fraction of sp³-hybridized carbons (Fsp3) is 0.421. The summed E-state index contributed by atoms with van der Waals surface area (Å²) in [5, 5.41) is 0. The molecule has 0 saturated carbocycles. The van der Waals surface area contributed by atoms with E-state index in [9.17, 15) is 4.79 Å². The van der Waals surface area contributed by atoms with Gasteiger partial charge in [0.2, 0.25) is 5.91 Å². The molecule has 2 aromatic rings. The van der Waals surface area contributed by atoms with E-state index in [1.807, 2.05) is 0 Å². The molecular formula is C19H23N3O. The molecule has 120 valence electrons. The van der Waals surface area contributed by atoms with Crippen molar-refractivity contribution in [2.24, 2.45) is 0 Å². The zero-order valence-corrected chi connectivity index (χ0v) is 13.8. The summed E-state index contributed by atoms with van der Waals surface area (Å²) >= 11 is 0. The van der Waals surface area contributed by atoms with Crippen molar-refractivity contribution >= 4 is 5.91 Å². The third-order valence-electron chi connectivity index (χ3n) is 4.58. The fourth-order valence-electron chi connectivity index (χ4n) is 3.35. The highest BCUT2D eigenvalue weighted by atomic mass is 16.2. The van der Waals surface area contributed by atoms with E-state index < -0.39 is 0 Å². The number of hydrogen-bond acceptors (Lipinski definition) is 3. The molecule has 2 heterocycles. The molecule has 0 radical (unpaired) electrons. The van der Waals surface area contributed by atoms with Gasteiger partial charge in [-0.15, -0.1) is 0 Å². The summed E-state index contributed by atoms with van der Waals surface area (Å²) in [6.45, 7) is 5.10. The van der Waals surface area contributed by atoms with E-state index in [-0.39, 0.29) is 11.9 Å². The number of likely N-dealkylation sites (tertiary alicyclic amines) is 1. The van der Waals surface area contributed by atoms with Crippen molar-refractivity contribution in [1.29, 1.82) is 0 Å². The van der Waals surface area contributed by atoms with Crippen molar-refractivity contribution in [2.75, 3.05) is 6.54 Å². The third kappa shape index (κ3) is 3.58. The highest BCUT2D eigenvalue weighted by Crippen LogP contribution is 2.34. The van der Waals surface area contributed by atoms with Gasteiger partial charge in [0.05, 0.1) is 11.7 Å². The lowest BCUT2D eigenvalue weighted by molar-refractivity contribution is -0.132. The number of benzene rings is 1. The Kier molecular flexibility index (Phi) is 4.70. The molecule has 4 nitrogen and oxygen atoms in total. The standard InChI is InChI=1S/C19H23N3O/c1-14-5-6-15(2)17(12-14)18-4-3-11-22(18)19(23)8-7-16-13-20-9-10-21-16/h5-6,9-10,12-13,18H,3-4,7-8,11H2,1-2H3. The summed E-state index contributed by atoms with van der Waals surface area (Å²) in [5.74, 6) is 0.221. The molecule has 23 heavy (non-hydrogen) atoms. The number of amides is 1. The van der Waals surface area contributed by atoms with E-state index in [2.05, 4.69) is 46.9 Å². The van der Waals surface area contributed by atoms with Crippen LogP contribution in [-0.2, 0) is 11.2 Å². The van der Waals surface area contributed by atoms with E-state index >= 15 is 0 Å². The van der Waals surface area contributed by atoms with Crippen molar-refractivity contribution in [1.82, 2.24) is 14.9 Å². The molecule has 3 rings (SSSR count). The average molecular weight is 309 g/mol. The van der Waals surface area contributed by atoms with Gasteiger partial charge in [0.1, 0.15) is 0 Å². The number of carbonyl (C=O) groups is 1. The van der Waals surface area contributed by atoms with Gasteiger partial charge in [-0.25, -0.2) is 0 Å². The van der Waals surface area contributed by atoms with Crippen LogP contribution in [0.3, 0.4) is 0 Å². The van der Waals surface area contributed by atoms with E-state index in [0.717, 1.165) is 25.1 Å². The molecule has 0 aliphatic carbocycles. The maximum atomic E-state index is 12.7. The minimum Gasteiger partial charge on any atom is -0.336 e. The van der Waals surface area contributed by atoms with Gasteiger partial charge in [-0.1, -0.05) is 23.8 Å². The van der Waals surface area contributed by atoms with Crippen LogP contribution in [0.5, 0.6) is 0 Å². The Morgan fingerprint density at radius 3 is 2.96 bits per heavy atom. The highest BCUT2D eigenvalue weighted by Gasteiger charge is 2.30. The molecule has 0 N–H and O–H groups in total. The van der Waals surface area contributed by atoms with Crippen LogP contribution in [0, 0.1) is 13.8 Å². The number of rotatable bonds is 4. The Balaban J connectivity index is 1.71. The Morgan fingerprint density at radius 2 is 2.17 bits per heavy atom. The molecule has 1 aromatic heterocycles. The Bertz CT molecular complexity index is 684. The fourth-order valence-corrected chi connectivity index (χ4v) is 3.35. The molecule has 0 spiro atoms. The first kappa shape index (κ1) is 15.7. The first-order valence-corrected chi connectivity index (χ1v) is 8.26. The van der Waals surface area contributed by atoms with Crippen LogP contribution in [0.2, 0.25) is 0 Å². The maximum Gasteiger partial charge on any atom is 0.223 e. The molecule has 1 unspecified atom stereocenters. The summed E-state index contributed by atoms with van der Waals surface area (Å²) in [5.41, 5.74) is 4.71. The topological polar surface area (TPSA) is 46.1 Å². The van der Waals surface area contributed by atoms with Gasteiger partial charge in [0.25, 0.3) is 0 Å². The SMILES string of the molecule is Cc1ccc(C)c(C2CCCN2C(=O)CCc2cnccn2)c1. The molecule has 0 bridgehead atoms. The van der Waals surface area contributed by atoms with Crippen LogP contribution in [0.1, 0.15) is 47.7 Å². The largest absolute Gasteiger partial charge is 0.336 e. The Labute approximate surface area is 137 Å². The minimum absolute atomic E-state index is 0.221. The lowest BCUT2D eigenvalue weighted by Gasteiger charge is -2.26. The van der Waals surface area contributed by atoms with Crippen LogP contribution in [0.4, 0.5) is 0 Å². The van der Waals surface area contributed by atoms with Crippen molar-refractivity contribution in [3.8, 4) is 0 Å². The van der Waals surface area contributed by atoms with Gasteiger partial charge in [0.15, 0.2) is 0 Å². The molecule has 1 saturated heterocycles. The van der Waals surface area contributed by atoms with E-state index in [1.54, 1.807) is 18.6 Å². The predicted molar refractivity (Wildman–Crippen MR) is 90.0 cm³/mol. The van der Waals surface area contributed by atoms with E-state index in [1.165, 1.54) is 16.7 Å². The zero-order chi connectivity index (χ0) is 16.2. The molecule has 1 aromatic carbocycles. The van der Waals surface area contributed by atoms with Crippen molar-refractivity contribution in [2.45, 2.75) is 45.6 Å². The Hall–Kier alpha value is -2.23. The zero-order valence-electron chi connectivity index (χ0n) is 13.8. The quantitative estimate of drug-likeness (QED) is 0.869. The molecule has 4 heteroatoms. The highest BCUT2D eigenvalue weighted by molar-refractivity contribution is 5.77. The van der Waals surface area contributed by atoms with Crippen LogP contribution in [-0.4, -0.2) is 27.3 Å². The van der Waals surface area contributed by atoms with Crippen LogP contribution < -0.4 is 0 Å². The van der Waals surface area contributed by atoms with Crippen molar-refractivity contribution < 1.29 is 4.79 Å². The average Bonchev–Trinajstić information content (AvgIpc) is 3.05. The molecule has 1 aliphatic heterocycles. The van der Waals surface area contributed by atoms with Crippen molar-refractivity contribution in [3.05, 3.63) is 59.2 Å². The first-order valence-electron chi connectivity index (χ1n) is 8.26. The first-order chi connectivity index (χ1) is 11.1. The number of hydrogen-bond donors (Lipinski definition) is 0. The second-order valence-electron chi connectivity index (χ2n) is 6.30. The summed E-state index contributed by atoms with van der Waals surface area (Å²) in [7, 11) is 0. The van der Waals surface area contributed by atoms with Crippen LogP contribution >= 0.6 is 0 Å². The molecule has 1 amide bonds. The summed E-state index contributed by atoms with van der Waals surface area (Å²) < 4.78 is 0. The van der Waals surface area contributed by atoms with Gasteiger partial charge in [0, 0.05) is 31.6 Å². The van der Waals surface area contributed by atoms with Gasteiger partial charge in [-0.3, -0.25) is 14.8 Å². The molecular weight excluding hydrogens is 286 g/mol. The van der Waals surface area contributed by atoms with Gasteiger partial charge < -0.3 is 4.90 Å². The predicted octanol–water partition coefficient (Wildman–Crippen LogP) is 3.39.